The molecule has 4 nitrogen and oxygen atoms in total. The van der Waals surface area contributed by atoms with Crippen LogP contribution in [0, 0.1) is 0 Å². The van der Waals surface area contributed by atoms with Crippen molar-refractivity contribution in [3.63, 3.8) is 0 Å². The normalized spacial score (nSPS) is 12.0. The van der Waals surface area contributed by atoms with Gasteiger partial charge in [-0.15, -0.1) is 0 Å². The fourth-order valence-corrected chi connectivity index (χ4v) is 2.26. The molecule has 3 N–H and O–H groups in total. The van der Waals surface area contributed by atoms with Crippen molar-refractivity contribution in [1.82, 2.24) is 5.32 Å². The summed E-state index contributed by atoms with van der Waals surface area (Å²) in [6.45, 7) is 1.28. The lowest BCUT2D eigenvalue weighted by Crippen LogP contribution is -2.23. The smallest absolute Gasteiger partial charge is 0.307 e. The van der Waals surface area contributed by atoms with Crippen LogP contribution in [0.25, 0.3) is 0 Å². The van der Waals surface area contributed by atoms with Gasteiger partial charge in [0.05, 0.1) is 12.5 Å². The van der Waals surface area contributed by atoms with Crippen molar-refractivity contribution in [2.24, 2.45) is 0 Å². The molecule has 0 aliphatic rings. The molecule has 22 heavy (non-hydrogen) atoms. The fourth-order valence-electron chi connectivity index (χ4n) is 2.26. The van der Waals surface area contributed by atoms with Crippen molar-refractivity contribution in [2.75, 3.05) is 13.1 Å². The number of carboxylic acid groups (broad SMARTS) is 1. The summed E-state index contributed by atoms with van der Waals surface area (Å²) >= 11 is 0. The third-order valence-corrected chi connectivity index (χ3v) is 3.49. The Labute approximate surface area is 130 Å². The molecule has 116 valence electrons. The van der Waals surface area contributed by atoms with Gasteiger partial charge in [-0.25, -0.2) is 0 Å². The van der Waals surface area contributed by atoms with E-state index < -0.39 is 12.1 Å². The highest BCUT2D eigenvalue weighted by molar-refractivity contribution is 5.70. The van der Waals surface area contributed by atoms with E-state index >= 15 is 0 Å². The van der Waals surface area contributed by atoms with Crippen LogP contribution in [0.1, 0.15) is 22.8 Å². The van der Waals surface area contributed by atoms with Crippen LogP contribution in [0.2, 0.25) is 0 Å². The second kappa shape index (κ2) is 8.32. The van der Waals surface area contributed by atoms with E-state index in [4.69, 9.17) is 5.11 Å². The summed E-state index contributed by atoms with van der Waals surface area (Å²) in [4.78, 5) is 10.6. The number of rotatable bonds is 8. The molecule has 2 aromatic carbocycles. The Hall–Kier alpha value is -2.17. The van der Waals surface area contributed by atoms with Crippen molar-refractivity contribution in [1.29, 1.82) is 0 Å². The van der Waals surface area contributed by atoms with Gasteiger partial charge >= 0.3 is 5.97 Å². The Morgan fingerprint density at radius 1 is 1.00 bits per heavy atom. The zero-order valence-electron chi connectivity index (χ0n) is 12.4. The van der Waals surface area contributed by atoms with E-state index in [1.54, 1.807) is 0 Å². The number of hydrogen-bond donors (Lipinski definition) is 3. The first kappa shape index (κ1) is 16.2. The number of hydrogen-bond acceptors (Lipinski definition) is 3. The summed E-state index contributed by atoms with van der Waals surface area (Å²) in [6, 6.07) is 17.2. The number of carboxylic acids is 1. The molecule has 0 amide bonds. The Bertz CT molecular complexity index is 581. The number of aliphatic hydroxyl groups excluding tert-OH is 1. The average Bonchev–Trinajstić information content (AvgIpc) is 2.53. The van der Waals surface area contributed by atoms with Gasteiger partial charge in [-0.3, -0.25) is 4.79 Å². The molecule has 1 atom stereocenters. The average molecular weight is 299 g/mol. The Morgan fingerprint density at radius 3 is 2.27 bits per heavy atom. The van der Waals surface area contributed by atoms with E-state index in [1.807, 2.05) is 54.6 Å². The predicted molar refractivity (Wildman–Crippen MR) is 85.8 cm³/mol. The third kappa shape index (κ3) is 5.31. The van der Waals surface area contributed by atoms with Crippen LogP contribution in [-0.4, -0.2) is 29.3 Å². The number of aliphatic carboxylic acids is 1. The number of carbonyl (C=O) groups is 1. The highest BCUT2D eigenvalue weighted by atomic mass is 16.4. The molecule has 0 radical (unpaired) electrons. The topological polar surface area (TPSA) is 69.6 Å². The lowest BCUT2D eigenvalue weighted by atomic mass is 10.1. The number of nitrogens with one attached hydrogen (secondary N) is 1. The molecule has 0 spiro atoms. The van der Waals surface area contributed by atoms with Gasteiger partial charge in [-0.05, 0) is 29.7 Å². The van der Waals surface area contributed by atoms with E-state index in [0.717, 1.165) is 29.7 Å². The molecule has 1 unspecified atom stereocenters. The maximum absolute atomic E-state index is 10.6. The van der Waals surface area contributed by atoms with Crippen molar-refractivity contribution >= 4 is 5.97 Å². The van der Waals surface area contributed by atoms with Gasteiger partial charge in [0.2, 0.25) is 0 Å². The van der Waals surface area contributed by atoms with Gasteiger partial charge in [0.25, 0.3) is 0 Å². The molecule has 0 saturated heterocycles. The minimum absolute atomic E-state index is 0.0573. The van der Waals surface area contributed by atoms with Crippen LogP contribution in [0.5, 0.6) is 0 Å². The first-order chi connectivity index (χ1) is 10.6. The first-order valence-corrected chi connectivity index (χ1v) is 7.38. The predicted octanol–water partition coefficient (Wildman–Crippen LogP) is 2.18. The second-order valence-electron chi connectivity index (χ2n) is 5.27. The maximum Gasteiger partial charge on any atom is 0.307 e. The highest BCUT2D eigenvalue weighted by Gasteiger charge is 2.05. The zero-order valence-corrected chi connectivity index (χ0v) is 12.4. The molecular formula is C18H21NO3. The lowest BCUT2D eigenvalue weighted by Gasteiger charge is -2.12. The maximum atomic E-state index is 10.6. The molecule has 0 saturated carbocycles. The highest BCUT2D eigenvalue weighted by Crippen LogP contribution is 2.10. The van der Waals surface area contributed by atoms with Crippen molar-refractivity contribution in [2.45, 2.75) is 18.9 Å². The van der Waals surface area contributed by atoms with E-state index in [1.165, 1.54) is 0 Å². The van der Waals surface area contributed by atoms with Crippen molar-refractivity contribution in [3.8, 4) is 0 Å². The van der Waals surface area contributed by atoms with Crippen LogP contribution in [0.3, 0.4) is 0 Å². The van der Waals surface area contributed by atoms with Gasteiger partial charge in [0.15, 0.2) is 0 Å². The van der Waals surface area contributed by atoms with Crippen molar-refractivity contribution in [3.05, 3.63) is 71.3 Å². The largest absolute Gasteiger partial charge is 0.481 e. The fraction of sp³-hybridized carbons (Fsp3) is 0.278. The van der Waals surface area contributed by atoms with Crippen LogP contribution >= 0.6 is 0 Å². The Balaban J connectivity index is 1.71. The van der Waals surface area contributed by atoms with Crippen LogP contribution in [0.4, 0.5) is 0 Å². The standard InChI is InChI=1S/C18H21NO3/c20-17(16-4-2-1-3-5-16)13-19-11-10-14-6-8-15(9-7-14)12-18(21)22/h1-9,17,19-20H,10-13H2,(H,21,22). The molecule has 0 heterocycles. The van der Waals surface area contributed by atoms with Gasteiger partial charge in [0, 0.05) is 6.54 Å². The quantitative estimate of drug-likeness (QED) is 0.654. The molecule has 2 aromatic rings. The number of aliphatic hydroxyl groups is 1. The summed E-state index contributed by atoms with van der Waals surface area (Å²) in [6.07, 6.45) is 0.399. The van der Waals surface area contributed by atoms with Crippen LogP contribution in [0.15, 0.2) is 54.6 Å². The van der Waals surface area contributed by atoms with E-state index in [9.17, 15) is 9.90 Å². The Morgan fingerprint density at radius 2 is 1.64 bits per heavy atom. The first-order valence-electron chi connectivity index (χ1n) is 7.38. The molecule has 0 bridgehead atoms. The summed E-state index contributed by atoms with van der Waals surface area (Å²) < 4.78 is 0. The van der Waals surface area contributed by atoms with Crippen molar-refractivity contribution < 1.29 is 15.0 Å². The summed E-state index contributed by atoms with van der Waals surface area (Å²) in [5, 5.41) is 22.0. The summed E-state index contributed by atoms with van der Waals surface area (Å²) in [7, 11) is 0. The molecule has 4 heteroatoms. The molecular weight excluding hydrogens is 278 g/mol. The Kier molecular flexibility index (Phi) is 6.13. The van der Waals surface area contributed by atoms with E-state index in [-0.39, 0.29) is 6.42 Å². The molecule has 0 aromatic heterocycles. The molecule has 0 fully saturated rings. The lowest BCUT2D eigenvalue weighted by molar-refractivity contribution is -0.136. The van der Waals surface area contributed by atoms with Crippen LogP contribution in [-0.2, 0) is 17.6 Å². The third-order valence-electron chi connectivity index (χ3n) is 3.49. The second-order valence-corrected chi connectivity index (χ2v) is 5.27. The van der Waals surface area contributed by atoms with Crippen LogP contribution < -0.4 is 5.32 Å². The number of benzene rings is 2. The van der Waals surface area contributed by atoms with Gasteiger partial charge in [-0.2, -0.15) is 0 Å². The minimum atomic E-state index is -0.815. The zero-order chi connectivity index (χ0) is 15.8. The minimum Gasteiger partial charge on any atom is -0.481 e. The van der Waals surface area contributed by atoms with Gasteiger partial charge in [0.1, 0.15) is 0 Å². The SMILES string of the molecule is O=C(O)Cc1ccc(CCNCC(O)c2ccccc2)cc1. The van der Waals surface area contributed by atoms with Gasteiger partial charge in [-0.1, -0.05) is 54.6 Å². The summed E-state index contributed by atoms with van der Waals surface area (Å²) in [5.74, 6) is -0.815. The van der Waals surface area contributed by atoms with E-state index in [0.29, 0.717) is 6.54 Å². The van der Waals surface area contributed by atoms with Gasteiger partial charge < -0.3 is 15.5 Å². The molecule has 2 rings (SSSR count). The molecule has 0 aliphatic carbocycles. The molecule has 0 aliphatic heterocycles. The summed E-state index contributed by atoms with van der Waals surface area (Å²) in [5.41, 5.74) is 2.87. The monoisotopic (exact) mass is 299 g/mol. The van der Waals surface area contributed by atoms with E-state index in [2.05, 4.69) is 5.32 Å².